The van der Waals surface area contributed by atoms with Crippen LogP contribution in [0.15, 0.2) is 0 Å². The van der Waals surface area contributed by atoms with Crippen LogP contribution in [-0.4, -0.2) is 23.0 Å². The number of carbonyl (C=O) groups is 2. The van der Waals surface area contributed by atoms with Crippen molar-refractivity contribution >= 4 is 11.9 Å². The summed E-state index contributed by atoms with van der Waals surface area (Å²) in [4.78, 5) is 22.6. The van der Waals surface area contributed by atoms with E-state index in [0.717, 1.165) is 12.8 Å². The van der Waals surface area contributed by atoms with Crippen LogP contribution >= 0.6 is 0 Å². The van der Waals surface area contributed by atoms with Gasteiger partial charge in [0.2, 0.25) is 0 Å². The Morgan fingerprint density at radius 3 is 2.21 bits per heavy atom. The number of urea groups is 1. The number of carbonyl (C=O) groups excluding carboxylic acids is 2. The Balaban J connectivity index is 2.13. The first-order valence-corrected chi connectivity index (χ1v) is 4.86. The van der Waals surface area contributed by atoms with E-state index in [0.29, 0.717) is 12.8 Å². The zero-order chi connectivity index (χ0) is 10.4. The molecule has 0 aromatic carbocycles. The zero-order valence-corrected chi connectivity index (χ0v) is 8.22. The number of imide groups is 1. The second kappa shape index (κ2) is 2.70. The molecule has 0 bridgehead atoms. The Kier molecular flexibility index (Phi) is 1.82. The van der Waals surface area contributed by atoms with Gasteiger partial charge in [-0.05, 0) is 32.6 Å². The molecule has 78 valence electrons. The maximum Gasteiger partial charge on any atom is 0.322 e. The first-order chi connectivity index (χ1) is 6.44. The lowest BCUT2D eigenvalue weighted by Crippen LogP contribution is -2.54. The molecule has 0 radical (unpaired) electrons. The molecule has 5 nitrogen and oxygen atoms in total. The summed E-state index contributed by atoms with van der Waals surface area (Å²) >= 11 is 0. The molecule has 1 heterocycles. The summed E-state index contributed by atoms with van der Waals surface area (Å²) in [6.45, 7) is 1.98. The van der Waals surface area contributed by atoms with Crippen molar-refractivity contribution in [3.8, 4) is 0 Å². The fraction of sp³-hybridized carbons (Fsp3) is 0.778. The van der Waals surface area contributed by atoms with Crippen LogP contribution in [0.4, 0.5) is 4.79 Å². The highest BCUT2D eigenvalue weighted by Gasteiger charge is 2.49. The molecule has 1 aliphatic carbocycles. The number of nitrogens with one attached hydrogen (secondary N) is 2. The number of hydrogen-bond donors (Lipinski definition) is 3. The first-order valence-electron chi connectivity index (χ1n) is 4.86. The number of rotatable bonds is 0. The maximum atomic E-state index is 11.5. The molecule has 0 aromatic rings. The lowest BCUT2D eigenvalue weighted by atomic mass is 9.73. The topological polar surface area (TPSA) is 84.2 Å². The molecule has 1 spiro atoms. The number of nitrogens with two attached hydrogens (primary N) is 1. The van der Waals surface area contributed by atoms with Crippen molar-refractivity contribution < 1.29 is 9.59 Å². The fourth-order valence-corrected chi connectivity index (χ4v) is 2.13. The third-order valence-electron chi connectivity index (χ3n) is 3.26. The van der Waals surface area contributed by atoms with Crippen LogP contribution in [0.2, 0.25) is 0 Å². The van der Waals surface area contributed by atoms with Gasteiger partial charge in [-0.25, -0.2) is 4.79 Å². The third kappa shape index (κ3) is 1.37. The van der Waals surface area contributed by atoms with Crippen LogP contribution in [0.1, 0.15) is 32.6 Å². The van der Waals surface area contributed by atoms with Gasteiger partial charge in [0.25, 0.3) is 5.91 Å². The van der Waals surface area contributed by atoms with Gasteiger partial charge in [-0.1, -0.05) is 0 Å². The largest absolute Gasteiger partial charge is 0.325 e. The molecule has 2 fully saturated rings. The average molecular weight is 197 g/mol. The fourth-order valence-electron chi connectivity index (χ4n) is 2.13. The molecule has 4 N–H and O–H groups in total. The first kappa shape index (κ1) is 9.45. The van der Waals surface area contributed by atoms with Gasteiger partial charge >= 0.3 is 6.03 Å². The van der Waals surface area contributed by atoms with Crippen LogP contribution < -0.4 is 16.4 Å². The van der Waals surface area contributed by atoms with E-state index in [-0.39, 0.29) is 17.5 Å². The van der Waals surface area contributed by atoms with Gasteiger partial charge in [-0.2, -0.15) is 0 Å². The van der Waals surface area contributed by atoms with Crippen LogP contribution in [0.25, 0.3) is 0 Å². The molecule has 0 atom stereocenters. The predicted molar refractivity (Wildman–Crippen MR) is 50.5 cm³/mol. The number of amides is 3. The Labute approximate surface area is 82.4 Å². The molecule has 14 heavy (non-hydrogen) atoms. The maximum absolute atomic E-state index is 11.5. The summed E-state index contributed by atoms with van der Waals surface area (Å²) < 4.78 is 0. The Morgan fingerprint density at radius 2 is 1.79 bits per heavy atom. The van der Waals surface area contributed by atoms with E-state index < -0.39 is 5.54 Å². The summed E-state index contributed by atoms with van der Waals surface area (Å²) in [5.74, 6) is -0.196. The van der Waals surface area contributed by atoms with Crippen LogP contribution in [0.5, 0.6) is 0 Å². The van der Waals surface area contributed by atoms with Crippen molar-refractivity contribution in [1.82, 2.24) is 10.6 Å². The standard InChI is InChI=1S/C9H15N3O2/c1-8(10)2-4-9(5-3-8)6(13)11-7(14)12-9/h2-5,10H2,1H3,(H2,11,12,13,14). The van der Waals surface area contributed by atoms with Crippen molar-refractivity contribution in [1.29, 1.82) is 0 Å². The van der Waals surface area contributed by atoms with Gasteiger partial charge in [0.15, 0.2) is 0 Å². The van der Waals surface area contributed by atoms with E-state index in [4.69, 9.17) is 5.73 Å². The summed E-state index contributed by atoms with van der Waals surface area (Å²) in [5.41, 5.74) is 5.10. The molecule has 2 aliphatic rings. The van der Waals surface area contributed by atoms with E-state index in [1.807, 2.05) is 6.92 Å². The van der Waals surface area contributed by atoms with E-state index in [9.17, 15) is 9.59 Å². The Bertz CT molecular complexity index is 288. The third-order valence-corrected chi connectivity index (χ3v) is 3.26. The minimum Gasteiger partial charge on any atom is -0.325 e. The van der Waals surface area contributed by atoms with E-state index in [1.165, 1.54) is 0 Å². The molecule has 2 rings (SSSR count). The highest BCUT2D eigenvalue weighted by Crippen LogP contribution is 2.34. The lowest BCUT2D eigenvalue weighted by Gasteiger charge is -2.38. The summed E-state index contributed by atoms with van der Waals surface area (Å²) in [6, 6.07) is -0.379. The molecule has 3 amide bonds. The molecular formula is C9H15N3O2. The van der Waals surface area contributed by atoms with Gasteiger partial charge in [0.05, 0.1) is 0 Å². The molecule has 5 heteroatoms. The highest BCUT2D eigenvalue weighted by molar-refractivity contribution is 6.07. The molecule has 0 unspecified atom stereocenters. The quantitative estimate of drug-likeness (QED) is 0.472. The normalized spacial score (nSPS) is 42.4. The van der Waals surface area contributed by atoms with Gasteiger partial charge in [0.1, 0.15) is 5.54 Å². The van der Waals surface area contributed by atoms with Crippen molar-refractivity contribution in [3.05, 3.63) is 0 Å². The van der Waals surface area contributed by atoms with Gasteiger partial charge in [-0.3, -0.25) is 10.1 Å². The van der Waals surface area contributed by atoms with Gasteiger partial charge in [0, 0.05) is 5.54 Å². The molecular weight excluding hydrogens is 182 g/mol. The molecule has 1 saturated heterocycles. The summed E-state index contributed by atoms with van der Waals surface area (Å²) in [6.07, 6.45) is 2.80. The minimum atomic E-state index is -0.671. The van der Waals surface area contributed by atoms with E-state index in [2.05, 4.69) is 10.6 Å². The SMILES string of the molecule is CC1(N)CCC2(CC1)NC(=O)NC2=O. The average Bonchev–Trinajstić information content (AvgIpc) is 2.35. The van der Waals surface area contributed by atoms with Crippen molar-refractivity contribution in [2.24, 2.45) is 5.73 Å². The van der Waals surface area contributed by atoms with Crippen LogP contribution in [0, 0.1) is 0 Å². The van der Waals surface area contributed by atoms with Gasteiger partial charge < -0.3 is 11.1 Å². The van der Waals surface area contributed by atoms with Crippen LogP contribution in [0.3, 0.4) is 0 Å². The lowest BCUT2D eigenvalue weighted by molar-refractivity contribution is -0.125. The smallest absolute Gasteiger partial charge is 0.322 e. The zero-order valence-electron chi connectivity index (χ0n) is 8.22. The van der Waals surface area contributed by atoms with Crippen molar-refractivity contribution in [3.63, 3.8) is 0 Å². The van der Waals surface area contributed by atoms with Crippen molar-refractivity contribution in [2.45, 2.75) is 43.7 Å². The van der Waals surface area contributed by atoms with Crippen molar-refractivity contribution in [2.75, 3.05) is 0 Å². The summed E-state index contributed by atoms with van der Waals surface area (Å²) in [5, 5.41) is 4.98. The monoisotopic (exact) mass is 197 g/mol. The second-order valence-electron chi connectivity index (χ2n) is 4.64. The molecule has 0 aromatic heterocycles. The molecule has 1 saturated carbocycles. The Hall–Kier alpha value is -1.10. The van der Waals surface area contributed by atoms with E-state index in [1.54, 1.807) is 0 Å². The highest BCUT2D eigenvalue weighted by atomic mass is 16.2. The van der Waals surface area contributed by atoms with Crippen LogP contribution in [-0.2, 0) is 4.79 Å². The van der Waals surface area contributed by atoms with Gasteiger partial charge in [-0.15, -0.1) is 0 Å². The summed E-state index contributed by atoms with van der Waals surface area (Å²) in [7, 11) is 0. The predicted octanol–water partition coefficient (Wildman–Crippen LogP) is -0.144. The second-order valence-corrected chi connectivity index (χ2v) is 4.64. The Morgan fingerprint density at radius 1 is 1.21 bits per heavy atom. The van der Waals surface area contributed by atoms with E-state index >= 15 is 0 Å². The minimum absolute atomic E-state index is 0.196. The number of hydrogen-bond acceptors (Lipinski definition) is 3. The molecule has 1 aliphatic heterocycles.